The molecule has 1 unspecified atom stereocenters. The summed E-state index contributed by atoms with van der Waals surface area (Å²) in [5.74, 6) is 0. The van der Waals surface area contributed by atoms with Crippen molar-refractivity contribution in [2.45, 2.75) is 6.10 Å². The number of nitrogens with two attached hydrogens (primary N) is 1. The predicted molar refractivity (Wildman–Crippen MR) is 53.9 cm³/mol. The lowest BCUT2D eigenvalue weighted by molar-refractivity contribution is 0.117. The van der Waals surface area contributed by atoms with Crippen LogP contribution in [0.25, 0.3) is 0 Å². The Morgan fingerprint density at radius 3 is 3.00 bits per heavy atom. The fourth-order valence-corrected chi connectivity index (χ4v) is 1.81. The maximum absolute atomic E-state index is 5.71. The van der Waals surface area contributed by atoms with Gasteiger partial charge in [0, 0.05) is 37.6 Å². The molecule has 1 heterocycles. The summed E-state index contributed by atoms with van der Waals surface area (Å²) < 4.78 is 5.37. The standard InChI is InChI=1S/C10H14N2O/c1-12-6-10(13-2)8-4-3-7(11)5-9(8)12/h3-5,10H,6,11H2,1-2H3. The summed E-state index contributed by atoms with van der Waals surface area (Å²) in [7, 11) is 3.79. The van der Waals surface area contributed by atoms with Gasteiger partial charge in [-0.2, -0.15) is 0 Å². The fraction of sp³-hybridized carbons (Fsp3) is 0.400. The van der Waals surface area contributed by atoms with Gasteiger partial charge >= 0.3 is 0 Å². The van der Waals surface area contributed by atoms with Crippen LogP contribution in [-0.4, -0.2) is 20.7 Å². The second-order valence-electron chi connectivity index (χ2n) is 3.42. The van der Waals surface area contributed by atoms with Crippen molar-refractivity contribution in [2.75, 3.05) is 31.3 Å². The summed E-state index contributed by atoms with van der Waals surface area (Å²) >= 11 is 0. The van der Waals surface area contributed by atoms with Gasteiger partial charge in [-0.15, -0.1) is 0 Å². The number of benzene rings is 1. The van der Waals surface area contributed by atoms with Crippen LogP contribution in [0.1, 0.15) is 11.7 Å². The monoisotopic (exact) mass is 178 g/mol. The van der Waals surface area contributed by atoms with Crippen LogP contribution in [0, 0.1) is 0 Å². The maximum Gasteiger partial charge on any atom is 0.102 e. The van der Waals surface area contributed by atoms with E-state index in [-0.39, 0.29) is 6.10 Å². The maximum atomic E-state index is 5.71. The highest BCUT2D eigenvalue weighted by molar-refractivity contribution is 5.64. The number of ether oxygens (including phenoxy) is 1. The van der Waals surface area contributed by atoms with Gasteiger partial charge in [0.25, 0.3) is 0 Å². The van der Waals surface area contributed by atoms with Gasteiger partial charge in [-0.25, -0.2) is 0 Å². The molecule has 0 spiro atoms. The molecule has 0 radical (unpaired) electrons. The average molecular weight is 178 g/mol. The van der Waals surface area contributed by atoms with Crippen LogP contribution in [0.15, 0.2) is 18.2 Å². The number of nitrogen functional groups attached to an aromatic ring is 1. The molecule has 13 heavy (non-hydrogen) atoms. The lowest BCUT2D eigenvalue weighted by Crippen LogP contribution is -2.15. The minimum Gasteiger partial charge on any atom is -0.399 e. The van der Waals surface area contributed by atoms with E-state index in [2.05, 4.69) is 11.9 Å². The average Bonchev–Trinajstić information content (AvgIpc) is 2.43. The number of likely N-dealkylation sites (N-methyl/N-ethyl adjacent to an activating group) is 1. The first-order chi connectivity index (χ1) is 6.22. The zero-order chi connectivity index (χ0) is 9.42. The number of fused-ring (bicyclic) bond motifs is 1. The van der Waals surface area contributed by atoms with Gasteiger partial charge in [-0.3, -0.25) is 0 Å². The molecule has 0 amide bonds. The number of anilines is 2. The van der Waals surface area contributed by atoms with E-state index >= 15 is 0 Å². The molecular weight excluding hydrogens is 164 g/mol. The number of hydrogen-bond donors (Lipinski definition) is 1. The molecule has 0 aromatic heterocycles. The number of hydrogen-bond acceptors (Lipinski definition) is 3. The molecule has 0 saturated carbocycles. The Hall–Kier alpha value is -1.22. The summed E-state index contributed by atoms with van der Waals surface area (Å²) in [6.07, 6.45) is 0.195. The van der Waals surface area contributed by atoms with E-state index < -0.39 is 0 Å². The van der Waals surface area contributed by atoms with Gasteiger partial charge in [-0.05, 0) is 12.1 Å². The molecule has 1 aromatic carbocycles. The summed E-state index contributed by atoms with van der Waals surface area (Å²) in [6, 6.07) is 5.96. The zero-order valence-electron chi connectivity index (χ0n) is 7.95. The van der Waals surface area contributed by atoms with Crippen LogP contribution in [0.4, 0.5) is 11.4 Å². The van der Waals surface area contributed by atoms with E-state index in [4.69, 9.17) is 10.5 Å². The van der Waals surface area contributed by atoms with Crippen LogP contribution < -0.4 is 10.6 Å². The molecule has 3 nitrogen and oxygen atoms in total. The largest absolute Gasteiger partial charge is 0.399 e. The van der Waals surface area contributed by atoms with Crippen molar-refractivity contribution in [3.8, 4) is 0 Å². The van der Waals surface area contributed by atoms with Crippen molar-refractivity contribution in [3.05, 3.63) is 23.8 Å². The van der Waals surface area contributed by atoms with Gasteiger partial charge < -0.3 is 15.4 Å². The quantitative estimate of drug-likeness (QED) is 0.661. The molecular formula is C10H14N2O. The second-order valence-corrected chi connectivity index (χ2v) is 3.42. The Balaban J connectivity index is 2.46. The Morgan fingerprint density at radius 2 is 2.31 bits per heavy atom. The highest BCUT2D eigenvalue weighted by Crippen LogP contribution is 2.36. The second kappa shape index (κ2) is 2.92. The van der Waals surface area contributed by atoms with Gasteiger partial charge in [0.05, 0.1) is 0 Å². The lowest BCUT2D eigenvalue weighted by atomic mass is 10.1. The molecule has 1 aliphatic rings. The van der Waals surface area contributed by atoms with E-state index in [0.717, 1.165) is 12.2 Å². The summed E-state index contributed by atoms with van der Waals surface area (Å²) in [5, 5.41) is 0. The normalized spacial score (nSPS) is 20.5. The van der Waals surface area contributed by atoms with Crippen molar-refractivity contribution in [2.24, 2.45) is 0 Å². The molecule has 1 atom stereocenters. The highest BCUT2D eigenvalue weighted by Gasteiger charge is 2.25. The SMILES string of the molecule is COC1CN(C)c2cc(N)ccc21. The highest BCUT2D eigenvalue weighted by atomic mass is 16.5. The third-order valence-electron chi connectivity index (χ3n) is 2.54. The first-order valence-electron chi connectivity index (χ1n) is 4.35. The minimum absolute atomic E-state index is 0.195. The third-order valence-corrected chi connectivity index (χ3v) is 2.54. The fourth-order valence-electron chi connectivity index (χ4n) is 1.81. The number of methoxy groups -OCH3 is 1. The van der Waals surface area contributed by atoms with Crippen LogP contribution in [0.3, 0.4) is 0 Å². The van der Waals surface area contributed by atoms with Crippen LogP contribution in [-0.2, 0) is 4.74 Å². The number of rotatable bonds is 1. The predicted octanol–water partition coefficient (Wildman–Crippen LogP) is 1.41. The van der Waals surface area contributed by atoms with Crippen molar-refractivity contribution in [3.63, 3.8) is 0 Å². The molecule has 0 aliphatic carbocycles. The Labute approximate surface area is 78.1 Å². The van der Waals surface area contributed by atoms with Crippen LogP contribution in [0.2, 0.25) is 0 Å². The summed E-state index contributed by atoms with van der Waals surface area (Å²) in [6.45, 7) is 0.912. The Kier molecular flexibility index (Phi) is 1.88. The molecule has 0 saturated heterocycles. The van der Waals surface area contributed by atoms with Crippen LogP contribution >= 0.6 is 0 Å². The molecule has 2 rings (SSSR count). The minimum atomic E-state index is 0.195. The van der Waals surface area contributed by atoms with Crippen molar-refractivity contribution in [1.82, 2.24) is 0 Å². The first kappa shape index (κ1) is 8.38. The Bertz CT molecular complexity index is 325. The van der Waals surface area contributed by atoms with Gasteiger partial charge in [-0.1, -0.05) is 6.07 Å². The van der Waals surface area contributed by atoms with E-state index in [0.29, 0.717) is 0 Å². The Morgan fingerprint density at radius 1 is 1.54 bits per heavy atom. The molecule has 1 aromatic rings. The van der Waals surface area contributed by atoms with Gasteiger partial charge in [0.15, 0.2) is 0 Å². The van der Waals surface area contributed by atoms with E-state index in [9.17, 15) is 0 Å². The first-order valence-corrected chi connectivity index (χ1v) is 4.35. The molecule has 2 N–H and O–H groups in total. The molecule has 0 bridgehead atoms. The van der Waals surface area contributed by atoms with Crippen molar-refractivity contribution >= 4 is 11.4 Å². The van der Waals surface area contributed by atoms with Crippen LogP contribution in [0.5, 0.6) is 0 Å². The van der Waals surface area contributed by atoms with Crippen molar-refractivity contribution < 1.29 is 4.74 Å². The zero-order valence-corrected chi connectivity index (χ0v) is 7.95. The molecule has 1 aliphatic heterocycles. The number of nitrogens with zero attached hydrogens (tertiary/aromatic N) is 1. The third kappa shape index (κ3) is 1.25. The van der Waals surface area contributed by atoms with Gasteiger partial charge in [0.2, 0.25) is 0 Å². The summed E-state index contributed by atoms with van der Waals surface area (Å²) in [4.78, 5) is 2.17. The smallest absolute Gasteiger partial charge is 0.102 e. The van der Waals surface area contributed by atoms with E-state index in [1.807, 2.05) is 18.2 Å². The molecule has 70 valence electrons. The lowest BCUT2D eigenvalue weighted by Gasteiger charge is -2.11. The molecule has 0 fully saturated rings. The van der Waals surface area contributed by atoms with E-state index in [1.54, 1.807) is 7.11 Å². The molecule has 3 heteroatoms. The van der Waals surface area contributed by atoms with E-state index in [1.165, 1.54) is 11.3 Å². The summed E-state index contributed by atoms with van der Waals surface area (Å²) in [5.41, 5.74) is 8.94. The topological polar surface area (TPSA) is 38.5 Å². The van der Waals surface area contributed by atoms with Crippen molar-refractivity contribution in [1.29, 1.82) is 0 Å². The van der Waals surface area contributed by atoms with Gasteiger partial charge in [0.1, 0.15) is 6.10 Å².